The average Bonchev–Trinajstić information content (AvgIpc) is 3.31. The lowest BCUT2D eigenvalue weighted by Crippen LogP contribution is -2.59. The fourth-order valence-electron chi connectivity index (χ4n) is 5.84. The Bertz CT molecular complexity index is 1170. The third kappa shape index (κ3) is 6.41. The standard InChI is InChI=1S/C28H41N7O.C2H6/c1-4-5-6-12-30-26-25-23(31-27(29)32-26)9-13-35(25)18-22-8-7-21(16-24(22)36-3)17-34-19-28(20-34)10-14-33(2)15-11-28;1-2/h7-9,13,16H,4-6,10-12,14-15,17-20H2,1-3H3,(H3,29,30,31,32);1-2H3. The molecule has 0 amide bonds. The molecular weight excluding hydrogens is 474 g/mol. The fraction of sp³-hybridized carbons (Fsp3) is 0.600. The Hall–Kier alpha value is -2.84. The highest BCUT2D eigenvalue weighted by Crippen LogP contribution is 2.41. The van der Waals surface area contributed by atoms with Gasteiger partial charge in [0.15, 0.2) is 5.82 Å². The van der Waals surface area contributed by atoms with Crippen molar-refractivity contribution >= 4 is 22.8 Å². The number of rotatable bonds is 10. The molecule has 0 aliphatic carbocycles. The molecule has 4 heterocycles. The molecule has 0 bridgehead atoms. The van der Waals surface area contributed by atoms with Crippen molar-refractivity contribution in [3.63, 3.8) is 0 Å². The summed E-state index contributed by atoms with van der Waals surface area (Å²) in [7, 11) is 4.00. The van der Waals surface area contributed by atoms with Crippen molar-refractivity contribution in [2.45, 2.75) is 66.0 Å². The molecule has 2 saturated heterocycles. The topological polar surface area (TPSA) is 84.5 Å². The number of hydrogen-bond donors (Lipinski definition) is 2. The number of nitrogens with zero attached hydrogens (tertiary/aromatic N) is 5. The third-order valence-corrected chi connectivity index (χ3v) is 7.96. The summed E-state index contributed by atoms with van der Waals surface area (Å²) in [4.78, 5) is 14.0. The normalized spacial score (nSPS) is 17.2. The summed E-state index contributed by atoms with van der Waals surface area (Å²) in [5.74, 6) is 2.03. The predicted octanol–water partition coefficient (Wildman–Crippen LogP) is 5.23. The number of hydrogen-bond acceptors (Lipinski definition) is 7. The number of ether oxygens (including phenoxy) is 1. The number of piperidine rings is 1. The van der Waals surface area contributed by atoms with E-state index in [0.717, 1.165) is 47.7 Å². The van der Waals surface area contributed by atoms with Crippen molar-refractivity contribution in [2.75, 3.05) is 57.9 Å². The van der Waals surface area contributed by atoms with E-state index in [2.05, 4.69) is 68.0 Å². The van der Waals surface area contributed by atoms with Crippen LogP contribution in [-0.4, -0.2) is 71.2 Å². The van der Waals surface area contributed by atoms with Gasteiger partial charge in [0, 0.05) is 37.9 Å². The van der Waals surface area contributed by atoms with Crippen molar-refractivity contribution in [3.8, 4) is 5.75 Å². The molecule has 2 aliphatic heterocycles. The van der Waals surface area contributed by atoms with Gasteiger partial charge in [0.1, 0.15) is 11.3 Å². The number of anilines is 2. The highest BCUT2D eigenvalue weighted by Gasteiger charge is 2.43. The molecule has 3 N–H and O–H groups in total. The monoisotopic (exact) mass is 521 g/mol. The fourth-order valence-corrected chi connectivity index (χ4v) is 5.84. The average molecular weight is 522 g/mol. The van der Waals surface area contributed by atoms with Crippen molar-refractivity contribution in [1.82, 2.24) is 24.3 Å². The quantitative estimate of drug-likeness (QED) is 0.354. The van der Waals surface area contributed by atoms with E-state index < -0.39 is 0 Å². The van der Waals surface area contributed by atoms with E-state index in [1.165, 1.54) is 57.4 Å². The summed E-state index contributed by atoms with van der Waals surface area (Å²) >= 11 is 0. The molecule has 8 heteroatoms. The maximum absolute atomic E-state index is 5.99. The zero-order chi connectivity index (χ0) is 27.1. The van der Waals surface area contributed by atoms with E-state index in [9.17, 15) is 0 Å². The van der Waals surface area contributed by atoms with Crippen LogP contribution in [-0.2, 0) is 13.1 Å². The summed E-state index contributed by atoms with van der Waals surface area (Å²) in [5.41, 5.74) is 10.8. The van der Waals surface area contributed by atoms with Gasteiger partial charge in [-0.3, -0.25) is 4.90 Å². The van der Waals surface area contributed by atoms with Crippen LogP contribution in [0.1, 0.15) is 64.0 Å². The molecule has 0 saturated carbocycles. The summed E-state index contributed by atoms with van der Waals surface area (Å²) < 4.78 is 8.03. The van der Waals surface area contributed by atoms with Crippen LogP contribution in [0.2, 0.25) is 0 Å². The molecule has 2 aliphatic rings. The maximum atomic E-state index is 5.99. The minimum atomic E-state index is 0.299. The van der Waals surface area contributed by atoms with E-state index in [0.29, 0.717) is 17.9 Å². The summed E-state index contributed by atoms with van der Waals surface area (Å²) in [6.45, 7) is 13.7. The van der Waals surface area contributed by atoms with Crippen LogP contribution >= 0.6 is 0 Å². The van der Waals surface area contributed by atoms with Crippen LogP contribution in [0.25, 0.3) is 11.0 Å². The van der Waals surface area contributed by atoms with Gasteiger partial charge in [-0.2, -0.15) is 4.98 Å². The van der Waals surface area contributed by atoms with Crippen LogP contribution < -0.4 is 15.8 Å². The second kappa shape index (κ2) is 12.8. The number of nitrogen functional groups attached to an aromatic ring is 1. The van der Waals surface area contributed by atoms with E-state index >= 15 is 0 Å². The van der Waals surface area contributed by atoms with Gasteiger partial charge >= 0.3 is 0 Å². The zero-order valence-electron chi connectivity index (χ0n) is 24.1. The molecule has 208 valence electrons. The Morgan fingerprint density at radius 3 is 2.53 bits per heavy atom. The highest BCUT2D eigenvalue weighted by molar-refractivity contribution is 5.87. The van der Waals surface area contributed by atoms with Crippen molar-refractivity contribution < 1.29 is 4.74 Å². The van der Waals surface area contributed by atoms with Gasteiger partial charge in [0.2, 0.25) is 5.95 Å². The third-order valence-electron chi connectivity index (χ3n) is 7.96. The Balaban J connectivity index is 0.00000164. The van der Waals surface area contributed by atoms with Gasteiger partial charge in [-0.05, 0) is 62.5 Å². The molecule has 0 unspecified atom stereocenters. The Morgan fingerprint density at radius 2 is 1.82 bits per heavy atom. The van der Waals surface area contributed by atoms with Gasteiger partial charge in [-0.1, -0.05) is 45.7 Å². The van der Waals surface area contributed by atoms with Gasteiger partial charge in [0.05, 0.1) is 19.2 Å². The van der Waals surface area contributed by atoms with E-state index in [1.54, 1.807) is 7.11 Å². The summed E-state index contributed by atoms with van der Waals surface area (Å²) in [5, 5.41) is 3.48. The predicted molar refractivity (Wildman–Crippen MR) is 158 cm³/mol. The Morgan fingerprint density at radius 1 is 1.05 bits per heavy atom. The van der Waals surface area contributed by atoms with E-state index in [4.69, 9.17) is 10.5 Å². The molecule has 2 fully saturated rings. The van der Waals surface area contributed by atoms with Crippen LogP contribution in [0.5, 0.6) is 5.75 Å². The van der Waals surface area contributed by atoms with Gasteiger partial charge in [0.25, 0.3) is 0 Å². The highest BCUT2D eigenvalue weighted by atomic mass is 16.5. The van der Waals surface area contributed by atoms with Gasteiger partial charge in [-0.15, -0.1) is 0 Å². The molecule has 2 aromatic heterocycles. The number of benzene rings is 1. The molecule has 1 spiro atoms. The number of nitrogens with one attached hydrogen (secondary N) is 1. The second-order valence-electron chi connectivity index (χ2n) is 10.8. The number of aromatic nitrogens is 3. The molecule has 0 atom stereocenters. The Kier molecular flexibility index (Phi) is 9.49. The Labute approximate surface area is 228 Å². The zero-order valence-corrected chi connectivity index (χ0v) is 24.1. The largest absolute Gasteiger partial charge is 0.496 e. The van der Waals surface area contributed by atoms with Crippen molar-refractivity contribution in [2.24, 2.45) is 5.41 Å². The first kappa shape index (κ1) is 28.2. The number of methoxy groups -OCH3 is 1. The van der Waals surface area contributed by atoms with E-state index in [-0.39, 0.29) is 0 Å². The van der Waals surface area contributed by atoms with Crippen molar-refractivity contribution in [1.29, 1.82) is 0 Å². The first-order chi connectivity index (χ1) is 18.5. The SMILES string of the molecule is CC.CCCCCNc1nc(N)nc2ccn(Cc3ccc(CN4CC5(CCN(C)CC5)C4)cc3OC)c12. The minimum Gasteiger partial charge on any atom is -0.496 e. The molecule has 8 nitrogen and oxygen atoms in total. The van der Waals surface area contributed by atoms with Crippen LogP contribution in [0, 0.1) is 5.41 Å². The lowest BCUT2D eigenvalue weighted by Gasteiger charge is -2.54. The number of likely N-dealkylation sites (tertiary alicyclic amines) is 2. The van der Waals surface area contributed by atoms with Gasteiger partial charge < -0.3 is 25.3 Å². The molecule has 0 radical (unpaired) electrons. The lowest BCUT2D eigenvalue weighted by molar-refractivity contribution is -0.0471. The van der Waals surface area contributed by atoms with Crippen LogP contribution in [0.15, 0.2) is 30.5 Å². The number of nitrogens with two attached hydrogens (primary N) is 1. The molecule has 5 rings (SSSR count). The first-order valence-electron chi connectivity index (χ1n) is 14.4. The smallest absolute Gasteiger partial charge is 0.222 e. The summed E-state index contributed by atoms with van der Waals surface area (Å²) in [6, 6.07) is 8.67. The molecule has 38 heavy (non-hydrogen) atoms. The molecular formula is C30H47N7O. The minimum absolute atomic E-state index is 0.299. The molecule has 3 aromatic rings. The van der Waals surface area contributed by atoms with E-state index in [1.807, 2.05) is 19.9 Å². The number of fused-ring (bicyclic) bond motifs is 1. The lowest BCUT2D eigenvalue weighted by atomic mass is 9.72. The summed E-state index contributed by atoms with van der Waals surface area (Å²) in [6.07, 6.45) is 8.20. The number of unbranched alkanes of at least 4 members (excludes halogenated alkanes) is 2. The molecule has 1 aromatic carbocycles. The van der Waals surface area contributed by atoms with Crippen LogP contribution in [0.4, 0.5) is 11.8 Å². The second-order valence-corrected chi connectivity index (χ2v) is 10.8. The first-order valence-corrected chi connectivity index (χ1v) is 14.4. The van der Waals surface area contributed by atoms with Gasteiger partial charge in [-0.25, -0.2) is 4.98 Å². The van der Waals surface area contributed by atoms with Crippen molar-refractivity contribution in [3.05, 3.63) is 41.6 Å². The maximum Gasteiger partial charge on any atom is 0.222 e. The van der Waals surface area contributed by atoms with Crippen LogP contribution in [0.3, 0.4) is 0 Å².